The first-order chi connectivity index (χ1) is 10.0. The Bertz CT molecular complexity index is 608. The standard InChI is InChI=1S/C15H18BrN3OS/c1-10(2)20-13-5-3-12(4-6-13)19-15(17)18-8-14-7-11(16)9-21-14/h3-7,9-10H,8H2,1-2H3,(H3,17,18,19). The number of rotatable bonds is 5. The summed E-state index contributed by atoms with van der Waals surface area (Å²) in [7, 11) is 0. The fraction of sp³-hybridized carbons (Fsp3) is 0.267. The molecule has 2 rings (SSSR count). The van der Waals surface area contributed by atoms with Crippen molar-refractivity contribution in [3.63, 3.8) is 0 Å². The average Bonchev–Trinajstić information content (AvgIpc) is 2.84. The third kappa shape index (κ3) is 5.40. The van der Waals surface area contributed by atoms with E-state index in [0.29, 0.717) is 12.5 Å². The number of guanidine groups is 1. The van der Waals surface area contributed by atoms with Crippen molar-refractivity contribution in [2.45, 2.75) is 26.5 Å². The van der Waals surface area contributed by atoms with Gasteiger partial charge < -0.3 is 15.8 Å². The van der Waals surface area contributed by atoms with Crippen molar-refractivity contribution < 1.29 is 4.74 Å². The van der Waals surface area contributed by atoms with Crippen LogP contribution in [-0.4, -0.2) is 12.1 Å². The van der Waals surface area contributed by atoms with Crippen LogP contribution in [0.3, 0.4) is 0 Å². The lowest BCUT2D eigenvalue weighted by Crippen LogP contribution is -2.22. The summed E-state index contributed by atoms with van der Waals surface area (Å²) in [5, 5.41) is 5.09. The Morgan fingerprint density at radius 2 is 2.10 bits per heavy atom. The summed E-state index contributed by atoms with van der Waals surface area (Å²) < 4.78 is 6.66. The SMILES string of the molecule is CC(C)Oc1ccc(NC(N)=NCc2cc(Br)cs2)cc1. The second-order valence-corrected chi connectivity index (χ2v) is 6.66. The van der Waals surface area contributed by atoms with Gasteiger partial charge in [-0.05, 0) is 60.1 Å². The number of benzene rings is 1. The van der Waals surface area contributed by atoms with Gasteiger partial charge in [-0.15, -0.1) is 11.3 Å². The Labute approximate surface area is 137 Å². The largest absolute Gasteiger partial charge is 0.491 e. The van der Waals surface area contributed by atoms with E-state index < -0.39 is 0 Å². The zero-order chi connectivity index (χ0) is 15.2. The van der Waals surface area contributed by atoms with Gasteiger partial charge in [0.05, 0.1) is 12.6 Å². The summed E-state index contributed by atoms with van der Waals surface area (Å²) in [5.74, 6) is 1.24. The highest BCUT2D eigenvalue weighted by Crippen LogP contribution is 2.20. The number of anilines is 1. The number of nitrogens with one attached hydrogen (secondary N) is 1. The molecule has 0 amide bonds. The molecular formula is C15H18BrN3OS. The Morgan fingerprint density at radius 1 is 1.38 bits per heavy atom. The van der Waals surface area contributed by atoms with E-state index in [1.165, 1.54) is 0 Å². The zero-order valence-electron chi connectivity index (χ0n) is 12.0. The highest BCUT2D eigenvalue weighted by molar-refractivity contribution is 9.10. The molecule has 4 nitrogen and oxygen atoms in total. The van der Waals surface area contributed by atoms with Crippen LogP contribution in [0, 0.1) is 0 Å². The fourth-order valence-electron chi connectivity index (χ4n) is 1.68. The van der Waals surface area contributed by atoms with Crippen molar-refractivity contribution in [1.82, 2.24) is 0 Å². The van der Waals surface area contributed by atoms with E-state index in [9.17, 15) is 0 Å². The number of nitrogens with two attached hydrogens (primary N) is 1. The van der Waals surface area contributed by atoms with Gasteiger partial charge in [-0.1, -0.05) is 0 Å². The zero-order valence-corrected chi connectivity index (χ0v) is 14.4. The van der Waals surface area contributed by atoms with Crippen molar-refractivity contribution in [1.29, 1.82) is 0 Å². The van der Waals surface area contributed by atoms with Crippen molar-refractivity contribution in [3.8, 4) is 5.75 Å². The number of ether oxygens (including phenoxy) is 1. The van der Waals surface area contributed by atoms with E-state index in [4.69, 9.17) is 10.5 Å². The molecule has 21 heavy (non-hydrogen) atoms. The van der Waals surface area contributed by atoms with Crippen LogP contribution < -0.4 is 15.8 Å². The molecule has 0 aliphatic rings. The minimum absolute atomic E-state index is 0.167. The second kappa shape index (κ2) is 7.47. The number of thiophene rings is 1. The van der Waals surface area contributed by atoms with Gasteiger partial charge in [-0.2, -0.15) is 0 Å². The van der Waals surface area contributed by atoms with Gasteiger partial charge in [0.2, 0.25) is 0 Å². The van der Waals surface area contributed by atoms with Gasteiger partial charge >= 0.3 is 0 Å². The summed E-state index contributed by atoms with van der Waals surface area (Å²) >= 11 is 5.07. The van der Waals surface area contributed by atoms with Gasteiger partial charge in [0.15, 0.2) is 5.96 Å². The van der Waals surface area contributed by atoms with Gasteiger partial charge in [-0.25, -0.2) is 4.99 Å². The molecule has 0 bridgehead atoms. The van der Waals surface area contributed by atoms with Crippen molar-refractivity contribution >= 4 is 38.9 Å². The topological polar surface area (TPSA) is 59.6 Å². The summed E-state index contributed by atoms with van der Waals surface area (Å²) in [5.41, 5.74) is 6.77. The minimum atomic E-state index is 0.167. The molecule has 3 N–H and O–H groups in total. The van der Waals surface area contributed by atoms with E-state index in [0.717, 1.165) is 20.8 Å². The quantitative estimate of drug-likeness (QED) is 0.614. The summed E-state index contributed by atoms with van der Waals surface area (Å²) in [6.07, 6.45) is 0.167. The molecule has 1 heterocycles. The highest BCUT2D eigenvalue weighted by atomic mass is 79.9. The smallest absolute Gasteiger partial charge is 0.193 e. The molecule has 6 heteroatoms. The van der Waals surface area contributed by atoms with Crippen LogP contribution in [0.2, 0.25) is 0 Å². The van der Waals surface area contributed by atoms with Crippen LogP contribution in [0.5, 0.6) is 5.75 Å². The van der Waals surface area contributed by atoms with Crippen molar-refractivity contribution in [3.05, 3.63) is 45.1 Å². The first-order valence-corrected chi connectivity index (χ1v) is 8.27. The van der Waals surface area contributed by atoms with Gasteiger partial charge in [0, 0.05) is 20.4 Å². The van der Waals surface area contributed by atoms with E-state index >= 15 is 0 Å². The van der Waals surface area contributed by atoms with Gasteiger partial charge in [-0.3, -0.25) is 0 Å². The maximum absolute atomic E-state index is 5.88. The van der Waals surface area contributed by atoms with Crippen molar-refractivity contribution in [2.75, 3.05) is 5.32 Å². The lowest BCUT2D eigenvalue weighted by Gasteiger charge is -2.10. The number of halogens is 1. The molecule has 0 fully saturated rings. The number of aliphatic imine (C=N–C) groups is 1. The van der Waals surface area contributed by atoms with Crippen LogP contribution >= 0.6 is 27.3 Å². The Hall–Kier alpha value is -1.53. The van der Waals surface area contributed by atoms with E-state index in [1.807, 2.05) is 49.6 Å². The van der Waals surface area contributed by atoms with Crippen LogP contribution in [0.15, 0.2) is 45.2 Å². The van der Waals surface area contributed by atoms with Crippen LogP contribution in [0.25, 0.3) is 0 Å². The molecule has 0 spiro atoms. The van der Waals surface area contributed by atoms with Crippen LogP contribution in [0.1, 0.15) is 18.7 Å². The molecule has 2 aromatic rings. The Balaban J connectivity index is 1.91. The first-order valence-electron chi connectivity index (χ1n) is 6.59. The summed E-state index contributed by atoms with van der Waals surface area (Å²) in [6, 6.07) is 9.70. The number of nitrogens with zero attached hydrogens (tertiary/aromatic N) is 1. The molecule has 1 aromatic heterocycles. The first kappa shape index (κ1) is 15.9. The van der Waals surface area contributed by atoms with E-state index in [-0.39, 0.29) is 6.10 Å². The predicted octanol–water partition coefficient (Wildman–Crippen LogP) is 4.22. The van der Waals surface area contributed by atoms with Gasteiger partial charge in [0.25, 0.3) is 0 Å². The molecule has 0 aliphatic carbocycles. The Morgan fingerprint density at radius 3 is 2.67 bits per heavy atom. The lowest BCUT2D eigenvalue weighted by molar-refractivity contribution is 0.242. The predicted molar refractivity (Wildman–Crippen MR) is 93.2 cm³/mol. The normalized spacial score (nSPS) is 11.7. The molecule has 0 saturated carbocycles. The number of hydrogen-bond donors (Lipinski definition) is 2. The van der Waals surface area contributed by atoms with Crippen LogP contribution in [0.4, 0.5) is 5.69 Å². The molecule has 0 unspecified atom stereocenters. The van der Waals surface area contributed by atoms with E-state index in [2.05, 4.69) is 26.2 Å². The molecule has 0 radical (unpaired) electrons. The molecule has 1 aromatic carbocycles. The third-order valence-electron chi connectivity index (χ3n) is 2.53. The summed E-state index contributed by atoms with van der Waals surface area (Å²) in [4.78, 5) is 5.48. The van der Waals surface area contributed by atoms with Gasteiger partial charge in [0.1, 0.15) is 5.75 Å². The molecule has 0 saturated heterocycles. The molecular weight excluding hydrogens is 350 g/mol. The average molecular weight is 368 g/mol. The highest BCUT2D eigenvalue weighted by Gasteiger charge is 2.00. The summed E-state index contributed by atoms with van der Waals surface area (Å²) in [6.45, 7) is 4.57. The molecule has 112 valence electrons. The van der Waals surface area contributed by atoms with Crippen molar-refractivity contribution in [2.24, 2.45) is 10.7 Å². The number of hydrogen-bond acceptors (Lipinski definition) is 3. The molecule has 0 atom stereocenters. The monoisotopic (exact) mass is 367 g/mol. The lowest BCUT2D eigenvalue weighted by atomic mass is 10.3. The maximum atomic E-state index is 5.88. The maximum Gasteiger partial charge on any atom is 0.193 e. The third-order valence-corrected chi connectivity index (χ3v) is 4.21. The Kier molecular flexibility index (Phi) is 5.64. The second-order valence-electron chi connectivity index (χ2n) is 4.75. The van der Waals surface area contributed by atoms with Crippen LogP contribution in [-0.2, 0) is 6.54 Å². The molecule has 0 aliphatic heterocycles. The fourth-order valence-corrected chi connectivity index (χ4v) is 3.05. The van der Waals surface area contributed by atoms with E-state index in [1.54, 1.807) is 11.3 Å². The minimum Gasteiger partial charge on any atom is -0.491 e.